The zero-order valence-corrected chi connectivity index (χ0v) is 13.9. The molecule has 126 valence electrons. The van der Waals surface area contributed by atoms with Gasteiger partial charge in [0.2, 0.25) is 0 Å². The van der Waals surface area contributed by atoms with Crippen LogP contribution in [0.3, 0.4) is 0 Å². The van der Waals surface area contributed by atoms with Crippen LogP contribution < -0.4 is 0 Å². The maximum atomic E-state index is 12.8. The molecule has 0 unspecified atom stereocenters. The maximum Gasteiger partial charge on any atom is 0.256 e. The first kappa shape index (κ1) is 16.9. The number of nitriles is 1. The van der Waals surface area contributed by atoms with Crippen LogP contribution in [0.2, 0.25) is 0 Å². The normalized spacial score (nSPS) is 22.4. The fourth-order valence-corrected chi connectivity index (χ4v) is 3.44. The van der Waals surface area contributed by atoms with Crippen molar-refractivity contribution in [3.63, 3.8) is 0 Å². The summed E-state index contributed by atoms with van der Waals surface area (Å²) >= 11 is 0. The molecule has 1 aliphatic rings. The molecule has 0 bridgehead atoms. The van der Waals surface area contributed by atoms with Crippen LogP contribution in [0.15, 0.2) is 54.9 Å². The highest BCUT2D eigenvalue weighted by Gasteiger charge is 2.52. The SMILES string of the molecule is C/C=C/c1ccccc1[C@@H]1[C@@H](C#N)N(C(=O)c2cccnc2)[C@@H]1CO. The van der Waals surface area contributed by atoms with Gasteiger partial charge in [-0.3, -0.25) is 9.78 Å². The van der Waals surface area contributed by atoms with E-state index in [2.05, 4.69) is 11.1 Å². The predicted octanol–water partition coefficient (Wildman–Crippen LogP) is 2.61. The van der Waals surface area contributed by atoms with Gasteiger partial charge in [-0.15, -0.1) is 0 Å². The smallest absolute Gasteiger partial charge is 0.256 e. The topological polar surface area (TPSA) is 77.2 Å². The second kappa shape index (κ2) is 7.29. The van der Waals surface area contributed by atoms with E-state index in [1.165, 1.54) is 11.1 Å². The van der Waals surface area contributed by atoms with Crippen LogP contribution in [-0.4, -0.2) is 39.6 Å². The summed E-state index contributed by atoms with van der Waals surface area (Å²) in [4.78, 5) is 18.2. The minimum atomic E-state index is -0.615. The Morgan fingerprint density at radius 2 is 2.16 bits per heavy atom. The Balaban J connectivity index is 1.96. The zero-order valence-electron chi connectivity index (χ0n) is 13.9. The van der Waals surface area contributed by atoms with E-state index < -0.39 is 12.1 Å². The van der Waals surface area contributed by atoms with Gasteiger partial charge in [-0.05, 0) is 30.2 Å². The first-order valence-corrected chi connectivity index (χ1v) is 8.17. The molecule has 1 aromatic heterocycles. The molecule has 1 aliphatic heterocycles. The Bertz CT molecular complexity index is 826. The van der Waals surface area contributed by atoms with E-state index in [1.54, 1.807) is 18.3 Å². The van der Waals surface area contributed by atoms with Crippen molar-refractivity contribution in [3.05, 3.63) is 71.6 Å². The molecule has 5 heteroatoms. The molecule has 1 N–H and O–H groups in total. The monoisotopic (exact) mass is 333 g/mol. The van der Waals surface area contributed by atoms with Gasteiger partial charge in [0.15, 0.2) is 0 Å². The number of amides is 1. The van der Waals surface area contributed by atoms with Crippen molar-refractivity contribution in [2.45, 2.75) is 24.9 Å². The number of carbonyl (C=O) groups is 1. The number of allylic oxidation sites excluding steroid dienone is 1. The molecular formula is C20H19N3O2. The zero-order chi connectivity index (χ0) is 17.8. The van der Waals surface area contributed by atoms with Crippen molar-refractivity contribution in [2.24, 2.45) is 0 Å². The molecule has 0 radical (unpaired) electrons. The standard InChI is InChI=1S/C20H19N3O2/c1-2-6-14-7-3-4-9-16(14)19-17(11-21)23(18(19)13-24)20(25)15-8-5-10-22-12-15/h2-10,12,17-19,24H,13H2,1H3/b6-2+/t17-,18-,19-/m1/s1. The van der Waals surface area contributed by atoms with Gasteiger partial charge in [0, 0.05) is 18.3 Å². The maximum absolute atomic E-state index is 12.8. The number of nitrogens with zero attached hydrogens (tertiary/aromatic N) is 3. The summed E-state index contributed by atoms with van der Waals surface area (Å²) in [5.41, 5.74) is 2.39. The summed E-state index contributed by atoms with van der Waals surface area (Å²) in [5, 5.41) is 19.5. The van der Waals surface area contributed by atoms with Gasteiger partial charge in [0.05, 0.1) is 24.3 Å². The number of benzene rings is 1. The lowest BCUT2D eigenvalue weighted by atomic mass is 9.74. The van der Waals surface area contributed by atoms with Crippen LogP contribution in [0.4, 0.5) is 0 Å². The number of aliphatic hydroxyl groups excluding tert-OH is 1. The van der Waals surface area contributed by atoms with E-state index in [4.69, 9.17) is 0 Å². The highest BCUT2D eigenvalue weighted by Crippen LogP contribution is 2.42. The van der Waals surface area contributed by atoms with Crippen molar-refractivity contribution >= 4 is 12.0 Å². The summed E-state index contributed by atoms with van der Waals surface area (Å²) in [7, 11) is 0. The van der Waals surface area contributed by atoms with Crippen LogP contribution in [0.1, 0.15) is 34.3 Å². The fraction of sp³-hybridized carbons (Fsp3) is 0.250. The van der Waals surface area contributed by atoms with E-state index in [-0.39, 0.29) is 18.4 Å². The van der Waals surface area contributed by atoms with Crippen molar-refractivity contribution in [1.29, 1.82) is 5.26 Å². The Hall–Kier alpha value is -2.97. The Labute approximate surface area is 146 Å². The molecule has 1 saturated heterocycles. The molecule has 0 spiro atoms. The fourth-order valence-electron chi connectivity index (χ4n) is 3.44. The highest BCUT2D eigenvalue weighted by molar-refractivity contribution is 5.95. The van der Waals surface area contributed by atoms with Gasteiger partial charge < -0.3 is 10.0 Å². The Kier molecular flexibility index (Phi) is 4.92. The van der Waals surface area contributed by atoms with Crippen LogP contribution >= 0.6 is 0 Å². The molecule has 25 heavy (non-hydrogen) atoms. The number of hydrogen-bond acceptors (Lipinski definition) is 4. The summed E-state index contributed by atoms with van der Waals surface area (Å²) < 4.78 is 0. The third-order valence-electron chi connectivity index (χ3n) is 4.58. The molecule has 0 saturated carbocycles. The summed E-state index contributed by atoms with van der Waals surface area (Å²) in [5.74, 6) is -0.499. The summed E-state index contributed by atoms with van der Waals surface area (Å²) in [6.07, 6.45) is 6.98. The predicted molar refractivity (Wildman–Crippen MR) is 94.6 cm³/mol. The Morgan fingerprint density at radius 1 is 1.36 bits per heavy atom. The van der Waals surface area contributed by atoms with E-state index in [9.17, 15) is 15.2 Å². The minimum Gasteiger partial charge on any atom is -0.394 e. The number of aliphatic hydroxyl groups is 1. The second-order valence-electron chi connectivity index (χ2n) is 5.93. The van der Waals surface area contributed by atoms with Gasteiger partial charge in [-0.2, -0.15) is 5.26 Å². The molecule has 2 aromatic rings. The lowest BCUT2D eigenvalue weighted by Gasteiger charge is -2.52. The van der Waals surface area contributed by atoms with Gasteiger partial charge in [0.25, 0.3) is 5.91 Å². The lowest BCUT2D eigenvalue weighted by Crippen LogP contribution is -2.65. The summed E-state index contributed by atoms with van der Waals surface area (Å²) in [6.45, 7) is 1.74. The molecule has 5 nitrogen and oxygen atoms in total. The molecule has 1 aromatic carbocycles. The molecular weight excluding hydrogens is 314 g/mol. The quantitative estimate of drug-likeness (QED) is 0.933. The molecule has 3 rings (SSSR count). The van der Waals surface area contributed by atoms with Crippen LogP contribution in [0.25, 0.3) is 6.08 Å². The van der Waals surface area contributed by atoms with Crippen LogP contribution in [-0.2, 0) is 0 Å². The summed E-state index contributed by atoms with van der Waals surface area (Å²) in [6, 6.07) is 12.3. The van der Waals surface area contributed by atoms with E-state index in [1.807, 2.05) is 43.3 Å². The van der Waals surface area contributed by atoms with Crippen LogP contribution in [0.5, 0.6) is 0 Å². The minimum absolute atomic E-state index is 0.195. The number of hydrogen-bond donors (Lipinski definition) is 1. The van der Waals surface area contributed by atoms with Gasteiger partial charge in [-0.25, -0.2) is 0 Å². The molecule has 3 atom stereocenters. The van der Waals surface area contributed by atoms with E-state index in [0.29, 0.717) is 5.56 Å². The molecule has 2 heterocycles. The van der Waals surface area contributed by atoms with Crippen molar-refractivity contribution in [1.82, 2.24) is 9.88 Å². The number of likely N-dealkylation sites (tertiary alicyclic amines) is 1. The van der Waals surface area contributed by atoms with Crippen LogP contribution in [0, 0.1) is 11.3 Å². The first-order chi connectivity index (χ1) is 12.2. The lowest BCUT2D eigenvalue weighted by molar-refractivity contribution is -0.00593. The number of aromatic nitrogens is 1. The van der Waals surface area contributed by atoms with Crippen molar-refractivity contribution < 1.29 is 9.90 Å². The van der Waals surface area contributed by atoms with E-state index in [0.717, 1.165) is 11.1 Å². The molecule has 1 amide bonds. The largest absolute Gasteiger partial charge is 0.394 e. The number of rotatable bonds is 4. The first-order valence-electron chi connectivity index (χ1n) is 8.17. The molecule has 0 aliphatic carbocycles. The van der Waals surface area contributed by atoms with Gasteiger partial charge >= 0.3 is 0 Å². The molecule has 1 fully saturated rings. The van der Waals surface area contributed by atoms with Crippen molar-refractivity contribution in [3.8, 4) is 6.07 Å². The number of pyridine rings is 1. The Morgan fingerprint density at radius 3 is 2.80 bits per heavy atom. The highest BCUT2D eigenvalue weighted by atomic mass is 16.3. The average molecular weight is 333 g/mol. The van der Waals surface area contributed by atoms with Gasteiger partial charge in [0.1, 0.15) is 6.04 Å². The van der Waals surface area contributed by atoms with E-state index >= 15 is 0 Å². The van der Waals surface area contributed by atoms with Crippen molar-refractivity contribution in [2.75, 3.05) is 6.61 Å². The second-order valence-corrected chi connectivity index (χ2v) is 5.93. The number of carbonyl (C=O) groups excluding carboxylic acids is 1. The average Bonchev–Trinajstić information content (AvgIpc) is 2.64. The van der Waals surface area contributed by atoms with Gasteiger partial charge in [-0.1, -0.05) is 36.4 Å². The third-order valence-corrected chi connectivity index (χ3v) is 4.58. The third kappa shape index (κ3) is 2.92.